The smallest absolute Gasteiger partial charge is 0.200 e. The Balaban J connectivity index is 2.57. The Hall–Kier alpha value is -0.153. The molecule has 1 saturated carbocycles. The fourth-order valence-electron chi connectivity index (χ4n) is 5.17. The molecule has 0 heterocycles. The van der Waals surface area contributed by atoms with Gasteiger partial charge in [0.1, 0.15) is 5.78 Å². The van der Waals surface area contributed by atoms with Crippen LogP contribution in [0.1, 0.15) is 93.9 Å². The van der Waals surface area contributed by atoms with Gasteiger partial charge in [-0.25, -0.2) is 0 Å². The molecule has 0 N–H and O–H groups in total. The van der Waals surface area contributed by atoms with Crippen LogP contribution in [0.2, 0.25) is 16.6 Å². The molecule has 0 saturated heterocycles. The number of hydrogen-bond donors (Lipinski definition) is 0. The summed E-state index contributed by atoms with van der Waals surface area (Å²) in [4.78, 5) is 11.8. The van der Waals surface area contributed by atoms with Crippen molar-refractivity contribution in [3.63, 3.8) is 0 Å². The summed E-state index contributed by atoms with van der Waals surface area (Å²) in [6.07, 6.45) is 6.22. The monoisotopic (exact) mass is 354 g/mol. The molecule has 0 aromatic rings. The lowest BCUT2D eigenvalue weighted by Crippen LogP contribution is -2.48. The van der Waals surface area contributed by atoms with Gasteiger partial charge in [-0.3, -0.25) is 4.79 Å². The van der Waals surface area contributed by atoms with E-state index in [0.29, 0.717) is 28.3 Å². The molecule has 1 rings (SSSR count). The number of Topliss-reactive ketones (excluding diaryl/α,β-unsaturated/α-hetero) is 1. The zero-order chi connectivity index (χ0) is 18.5. The fraction of sp³-hybridized carbons (Fsp3) is 0.952. The summed E-state index contributed by atoms with van der Waals surface area (Å²) in [6, 6.07) is 0. The highest BCUT2D eigenvalue weighted by Gasteiger charge is 2.45. The normalized spacial score (nSPS) is 20.5. The minimum atomic E-state index is -1.73. The Morgan fingerprint density at radius 1 is 1.08 bits per heavy atom. The second-order valence-corrected chi connectivity index (χ2v) is 15.1. The minimum absolute atomic E-state index is 0.261. The molecule has 0 aliphatic heterocycles. The molecule has 1 atom stereocenters. The zero-order valence-corrected chi connectivity index (χ0v) is 18.6. The van der Waals surface area contributed by atoms with Gasteiger partial charge in [-0.15, -0.1) is 0 Å². The first kappa shape index (κ1) is 21.9. The summed E-state index contributed by atoms with van der Waals surface area (Å²) in [5.74, 6) is 1.04. The van der Waals surface area contributed by atoms with E-state index in [-0.39, 0.29) is 5.41 Å². The van der Waals surface area contributed by atoms with E-state index in [4.69, 9.17) is 4.43 Å². The summed E-state index contributed by atoms with van der Waals surface area (Å²) in [7, 11) is -1.73. The van der Waals surface area contributed by atoms with Crippen LogP contribution >= 0.6 is 0 Å². The van der Waals surface area contributed by atoms with Gasteiger partial charge in [0.05, 0.1) is 0 Å². The largest absolute Gasteiger partial charge is 0.416 e. The molecule has 0 aromatic heterocycles. The SMILES string of the molecule is CC(C)[Si](OCCCC(C)(C)C1CCCC(=O)C1)(C(C)C)C(C)C. The molecule has 0 spiro atoms. The first-order valence-electron chi connectivity index (χ1n) is 10.2. The highest BCUT2D eigenvalue weighted by atomic mass is 28.4. The van der Waals surface area contributed by atoms with E-state index in [2.05, 4.69) is 55.4 Å². The van der Waals surface area contributed by atoms with Crippen molar-refractivity contribution in [2.24, 2.45) is 11.3 Å². The van der Waals surface area contributed by atoms with E-state index in [1.807, 2.05) is 0 Å². The summed E-state index contributed by atoms with van der Waals surface area (Å²) in [5, 5.41) is 0. The summed E-state index contributed by atoms with van der Waals surface area (Å²) in [6.45, 7) is 19.7. The van der Waals surface area contributed by atoms with E-state index in [0.717, 1.165) is 32.3 Å². The van der Waals surface area contributed by atoms with E-state index >= 15 is 0 Å². The van der Waals surface area contributed by atoms with E-state index < -0.39 is 8.32 Å². The standard InChI is InChI=1S/C21H42O2Si/c1-16(2)24(17(3)4,18(5)6)23-14-10-13-21(7,8)19-11-9-12-20(22)15-19/h16-19H,9-15H2,1-8H3. The van der Waals surface area contributed by atoms with Crippen LogP contribution < -0.4 is 0 Å². The van der Waals surface area contributed by atoms with Crippen molar-refractivity contribution in [2.45, 2.75) is 111 Å². The molecule has 1 aliphatic carbocycles. The van der Waals surface area contributed by atoms with Gasteiger partial charge in [0, 0.05) is 19.4 Å². The van der Waals surface area contributed by atoms with Gasteiger partial charge < -0.3 is 4.43 Å². The molecule has 0 amide bonds. The van der Waals surface area contributed by atoms with Crippen LogP contribution in [-0.2, 0) is 9.22 Å². The number of carbonyl (C=O) groups is 1. The molecule has 24 heavy (non-hydrogen) atoms. The average Bonchev–Trinajstić information content (AvgIpc) is 2.46. The maximum absolute atomic E-state index is 11.8. The summed E-state index contributed by atoms with van der Waals surface area (Å²) >= 11 is 0. The number of rotatable bonds is 9. The third-order valence-corrected chi connectivity index (χ3v) is 12.7. The van der Waals surface area contributed by atoms with Gasteiger partial charge in [-0.2, -0.15) is 0 Å². The van der Waals surface area contributed by atoms with E-state index in [1.54, 1.807) is 0 Å². The summed E-state index contributed by atoms with van der Waals surface area (Å²) in [5.41, 5.74) is 2.22. The Morgan fingerprint density at radius 2 is 1.62 bits per heavy atom. The zero-order valence-electron chi connectivity index (χ0n) is 17.6. The van der Waals surface area contributed by atoms with Crippen LogP contribution in [0.15, 0.2) is 0 Å². The third kappa shape index (κ3) is 5.17. The van der Waals surface area contributed by atoms with Crippen molar-refractivity contribution in [3.05, 3.63) is 0 Å². The van der Waals surface area contributed by atoms with Gasteiger partial charge >= 0.3 is 0 Å². The van der Waals surface area contributed by atoms with Gasteiger partial charge in [0.2, 0.25) is 0 Å². The fourth-order valence-corrected chi connectivity index (χ4v) is 10.7. The molecule has 0 bridgehead atoms. The lowest BCUT2D eigenvalue weighted by atomic mass is 9.68. The predicted octanol–water partition coefficient (Wildman–Crippen LogP) is 6.74. The molecule has 1 aliphatic rings. The Morgan fingerprint density at radius 3 is 2.08 bits per heavy atom. The van der Waals surface area contributed by atoms with Crippen molar-refractivity contribution in [2.75, 3.05) is 6.61 Å². The second-order valence-electron chi connectivity index (χ2n) is 9.59. The van der Waals surface area contributed by atoms with Crippen LogP contribution in [-0.4, -0.2) is 20.7 Å². The highest BCUT2D eigenvalue weighted by Crippen LogP contribution is 2.43. The lowest BCUT2D eigenvalue weighted by molar-refractivity contribution is -0.123. The van der Waals surface area contributed by atoms with Crippen molar-refractivity contribution in [3.8, 4) is 0 Å². The first-order valence-corrected chi connectivity index (χ1v) is 12.3. The van der Waals surface area contributed by atoms with Crippen molar-refractivity contribution in [1.82, 2.24) is 0 Å². The molecule has 1 fully saturated rings. The minimum Gasteiger partial charge on any atom is -0.416 e. The van der Waals surface area contributed by atoms with Crippen molar-refractivity contribution in [1.29, 1.82) is 0 Å². The average molecular weight is 355 g/mol. The molecule has 2 nitrogen and oxygen atoms in total. The van der Waals surface area contributed by atoms with E-state index in [9.17, 15) is 4.79 Å². The van der Waals surface area contributed by atoms with E-state index in [1.165, 1.54) is 12.8 Å². The first-order chi connectivity index (χ1) is 11.0. The van der Waals surface area contributed by atoms with Crippen molar-refractivity contribution >= 4 is 14.1 Å². The van der Waals surface area contributed by atoms with Crippen LogP contribution in [0, 0.1) is 11.3 Å². The van der Waals surface area contributed by atoms with Gasteiger partial charge in [0.25, 0.3) is 0 Å². The van der Waals surface area contributed by atoms with Crippen molar-refractivity contribution < 1.29 is 9.22 Å². The second kappa shape index (κ2) is 8.98. The maximum Gasteiger partial charge on any atom is 0.200 e. The number of ketones is 1. The molecular weight excluding hydrogens is 312 g/mol. The maximum atomic E-state index is 11.8. The van der Waals surface area contributed by atoms with Crippen LogP contribution in [0.5, 0.6) is 0 Å². The molecule has 0 radical (unpaired) electrons. The van der Waals surface area contributed by atoms with Crippen LogP contribution in [0.3, 0.4) is 0 Å². The molecule has 3 heteroatoms. The van der Waals surface area contributed by atoms with Gasteiger partial charge in [0.15, 0.2) is 8.32 Å². The molecule has 1 unspecified atom stereocenters. The topological polar surface area (TPSA) is 26.3 Å². The molecule has 0 aromatic carbocycles. The van der Waals surface area contributed by atoms with Gasteiger partial charge in [-0.05, 0) is 53.6 Å². The van der Waals surface area contributed by atoms with Gasteiger partial charge in [-0.1, -0.05) is 55.4 Å². The lowest BCUT2D eigenvalue weighted by Gasteiger charge is -2.42. The Labute approximate surface area is 152 Å². The Kier molecular flexibility index (Phi) is 8.19. The highest BCUT2D eigenvalue weighted by molar-refractivity contribution is 6.77. The molecular formula is C21H42O2Si. The third-order valence-electron chi connectivity index (χ3n) is 6.61. The quantitative estimate of drug-likeness (QED) is 0.338. The predicted molar refractivity (Wildman–Crippen MR) is 107 cm³/mol. The Bertz CT molecular complexity index is 377. The number of carbonyl (C=O) groups excluding carboxylic acids is 1. The van der Waals surface area contributed by atoms with Crippen LogP contribution in [0.4, 0.5) is 0 Å². The summed E-state index contributed by atoms with van der Waals surface area (Å²) < 4.78 is 6.69. The van der Waals surface area contributed by atoms with Crippen LogP contribution in [0.25, 0.3) is 0 Å². The molecule has 142 valence electrons. The number of hydrogen-bond acceptors (Lipinski definition) is 2.